The van der Waals surface area contributed by atoms with E-state index in [2.05, 4.69) is 20.0 Å². The maximum absolute atomic E-state index is 13.2. The normalized spacial score (nSPS) is 19.0. The van der Waals surface area contributed by atoms with E-state index < -0.39 is 43.2 Å². The number of nitrogens with one attached hydrogen (secondary N) is 2. The minimum Gasteiger partial charge on any atom is -0.508 e. The number of nitrogens with two attached hydrogens (primary N) is 2. The first-order valence-corrected chi connectivity index (χ1v) is 17.1. The van der Waals surface area contributed by atoms with E-state index >= 15 is 0 Å². The number of phenolic OH excluding ortho intramolecular Hbond substituents is 1. The van der Waals surface area contributed by atoms with Gasteiger partial charge in [-0.05, 0) is 53.9 Å². The number of aromatic hydroxyl groups is 1. The van der Waals surface area contributed by atoms with Gasteiger partial charge in [0, 0.05) is 11.8 Å². The summed E-state index contributed by atoms with van der Waals surface area (Å²) >= 11 is 0. The number of nitrogens with zero attached hydrogens (tertiary/aromatic N) is 3. The predicted octanol–water partition coefficient (Wildman–Crippen LogP) is 3.85. The van der Waals surface area contributed by atoms with Crippen LogP contribution in [0.3, 0.4) is 0 Å². The molecule has 1 aliphatic carbocycles. The summed E-state index contributed by atoms with van der Waals surface area (Å²) < 4.78 is 31.7. The molecule has 7 N–H and O–H groups in total. The van der Waals surface area contributed by atoms with Crippen LogP contribution in [0.25, 0.3) is 28.8 Å². The summed E-state index contributed by atoms with van der Waals surface area (Å²) in [5.41, 5.74) is 11.8. The van der Waals surface area contributed by atoms with E-state index in [1.165, 1.54) is 12.1 Å². The second-order valence-corrected chi connectivity index (χ2v) is 13.9. The zero-order valence-corrected chi connectivity index (χ0v) is 29.0. The Morgan fingerprint density at radius 2 is 1.90 bits per heavy atom. The molecule has 1 aromatic carbocycles. The summed E-state index contributed by atoms with van der Waals surface area (Å²) in [6.07, 6.45) is 3.29. The Kier molecular flexibility index (Phi) is 11.7. The molecule has 48 heavy (non-hydrogen) atoms. The lowest BCUT2D eigenvalue weighted by atomic mass is 10.1. The van der Waals surface area contributed by atoms with Gasteiger partial charge in [-0.1, -0.05) is 58.3 Å². The summed E-state index contributed by atoms with van der Waals surface area (Å²) in [4.78, 5) is 49.6. The highest BCUT2D eigenvalue weighted by Crippen LogP contribution is 2.54. The van der Waals surface area contributed by atoms with Gasteiger partial charge in [0.15, 0.2) is 17.2 Å². The Bertz CT molecular complexity index is 1750. The Morgan fingerprint density at radius 3 is 2.54 bits per heavy atom. The number of ether oxygens (including phenoxy) is 2. The van der Waals surface area contributed by atoms with Crippen molar-refractivity contribution in [2.75, 3.05) is 18.9 Å². The van der Waals surface area contributed by atoms with Crippen LogP contribution in [0.1, 0.15) is 60.8 Å². The number of carbonyl (C=O) groups excluding carboxylic acids is 2. The van der Waals surface area contributed by atoms with E-state index in [9.17, 15) is 24.1 Å². The number of carbonyl (C=O) groups is 2. The number of anilines is 1. The average molecular weight is 687 g/mol. The Balaban J connectivity index is 1.65. The van der Waals surface area contributed by atoms with Crippen molar-refractivity contribution in [2.24, 2.45) is 23.0 Å². The molecule has 260 valence electrons. The fourth-order valence-electron chi connectivity index (χ4n) is 5.08. The molecular weight excluding hydrogens is 641 g/mol. The van der Waals surface area contributed by atoms with Crippen molar-refractivity contribution >= 4 is 43.4 Å². The molecule has 4 rings (SSSR count). The third-order valence-corrected chi connectivity index (χ3v) is 9.01. The first-order chi connectivity index (χ1) is 22.6. The van der Waals surface area contributed by atoms with Gasteiger partial charge in [-0.15, -0.1) is 4.52 Å². The molecule has 5 atom stereocenters. The van der Waals surface area contributed by atoms with Crippen LogP contribution in [0.2, 0.25) is 0 Å². The number of H-pyrrole nitrogens is 1. The Morgan fingerprint density at radius 1 is 1.17 bits per heavy atom. The molecule has 0 bridgehead atoms. The minimum atomic E-state index is -2.56. The quantitative estimate of drug-likeness (QED) is 0.107. The van der Waals surface area contributed by atoms with Gasteiger partial charge in [-0.2, -0.15) is 4.98 Å². The molecule has 2 heterocycles. The van der Waals surface area contributed by atoms with Crippen LogP contribution in [0, 0.1) is 17.3 Å². The molecule has 16 heteroatoms. The van der Waals surface area contributed by atoms with Crippen molar-refractivity contribution in [1.82, 2.24) is 24.6 Å². The molecule has 0 spiro atoms. The largest absolute Gasteiger partial charge is 0.613 e. The lowest BCUT2D eigenvalue weighted by Gasteiger charge is -2.19. The highest BCUT2D eigenvalue weighted by molar-refractivity contribution is 7.36. The van der Waals surface area contributed by atoms with E-state index in [4.69, 9.17) is 25.5 Å². The van der Waals surface area contributed by atoms with Crippen LogP contribution in [0.15, 0.2) is 34.6 Å². The minimum absolute atomic E-state index is 0.0116. The highest BCUT2D eigenvalue weighted by atomic mass is 31.1. The number of fused-ring (bicyclic) bond motifs is 1. The number of aromatic nitrogens is 4. The molecule has 0 aliphatic heterocycles. The summed E-state index contributed by atoms with van der Waals surface area (Å²) in [5.74, 6) is -1.38. The predicted molar refractivity (Wildman–Crippen MR) is 181 cm³/mol. The molecule has 2 aromatic heterocycles. The zero-order valence-electron chi connectivity index (χ0n) is 28.1. The number of benzene rings is 1. The maximum Gasteiger partial charge on any atom is 0.613 e. The van der Waals surface area contributed by atoms with E-state index in [1.54, 1.807) is 50.6 Å². The van der Waals surface area contributed by atoms with Crippen LogP contribution in [0.5, 0.6) is 5.75 Å². The number of nitrogen functional groups attached to an aromatic ring is 1. The first-order valence-electron chi connectivity index (χ1n) is 15.9. The average Bonchev–Trinajstić information content (AvgIpc) is 3.58. The molecule has 1 unspecified atom stereocenters. The lowest BCUT2D eigenvalue weighted by molar-refractivity contribution is -0.152. The van der Waals surface area contributed by atoms with Crippen LogP contribution >= 0.6 is 8.18 Å². The summed E-state index contributed by atoms with van der Waals surface area (Å²) in [5, 5.41) is 12.9. The SMILES string of the molecule is CCC[C@H](C)OC(=O)[C@@H](N[P+](=O)OC[C@@]1(COC(=O)[C@H](N)C(C)C)C/C1=C/n1c(-c2cccc(O)c2)nc2c(=O)[nH]c(N)nc21)C(C)C. The number of aromatic amines is 1. The first kappa shape index (κ1) is 36.7. The number of hydrogen-bond acceptors (Lipinski definition) is 12. The lowest BCUT2D eigenvalue weighted by Crippen LogP contribution is -2.40. The summed E-state index contributed by atoms with van der Waals surface area (Å²) in [6.45, 7) is 10.7. The molecule has 15 nitrogen and oxygen atoms in total. The third kappa shape index (κ3) is 8.64. The molecule has 0 amide bonds. The van der Waals surface area contributed by atoms with Crippen molar-refractivity contribution in [3.05, 3.63) is 40.2 Å². The van der Waals surface area contributed by atoms with Crippen LogP contribution in [-0.2, 0) is 28.2 Å². The highest BCUT2D eigenvalue weighted by Gasteiger charge is 2.53. The van der Waals surface area contributed by atoms with Gasteiger partial charge in [0.25, 0.3) is 5.56 Å². The molecule has 3 aromatic rings. The number of imidazole rings is 1. The maximum atomic E-state index is 13.2. The van der Waals surface area contributed by atoms with E-state index in [1.807, 2.05) is 13.8 Å². The standard InChI is InChI=1S/C32H44N7O8P/c1-7-9-19(6)47-30(43)24(18(4)5)38-48(44)46-16-32(15-45-29(42)23(33)17(2)3)13-21(32)14-39-26(20-10-8-11-22(40)12-20)35-25-27(39)36-31(34)37-28(25)41/h8,10-12,14,17-19,23-24H,7,9,13,15-16,33H2,1-6H3,(H4-,34,36,37,38,40,41,44)/p+1/b21-14-/t19-,23+,24-,32-/m0/s1. The van der Waals surface area contributed by atoms with Gasteiger partial charge in [0.1, 0.15) is 30.8 Å². The van der Waals surface area contributed by atoms with Crippen LogP contribution in [0.4, 0.5) is 5.95 Å². The van der Waals surface area contributed by atoms with Crippen LogP contribution < -0.4 is 22.1 Å². The van der Waals surface area contributed by atoms with Crippen molar-refractivity contribution < 1.29 is 33.3 Å². The van der Waals surface area contributed by atoms with Crippen molar-refractivity contribution in [3.63, 3.8) is 0 Å². The van der Waals surface area contributed by atoms with E-state index in [0.29, 0.717) is 29.8 Å². The van der Waals surface area contributed by atoms with Gasteiger partial charge in [0.05, 0.1) is 11.5 Å². The van der Waals surface area contributed by atoms with E-state index in [0.717, 1.165) is 6.42 Å². The van der Waals surface area contributed by atoms with Crippen molar-refractivity contribution in [3.8, 4) is 17.1 Å². The smallest absolute Gasteiger partial charge is 0.508 e. The second kappa shape index (κ2) is 15.4. The number of esters is 2. The van der Waals surface area contributed by atoms with Gasteiger partial charge < -0.3 is 26.0 Å². The molecule has 1 saturated carbocycles. The van der Waals surface area contributed by atoms with Gasteiger partial charge in [0.2, 0.25) is 5.95 Å². The molecule has 0 radical (unpaired) electrons. The molecular formula is C32H45N7O8P+. The third-order valence-electron chi connectivity index (χ3n) is 8.16. The second-order valence-electron chi connectivity index (χ2n) is 12.9. The van der Waals surface area contributed by atoms with Gasteiger partial charge in [-0.25, -0.2) is 4.98 Å². The molecule has 1 aliphatic rings. The zero-order chi connectivity index (χ0) is 35.3. The monoisotopic (exact) mass is 686 g/mol. The molecule has 0 saturated heterocycles. The Hall–Kier alpha value is -4.17. The summed E-state index contributed by atoms with van der Waals surface area (Å²) in [6, 6.07) is 4.60. The van der Waals surface area contributed by atoms with Gasteiger partial charge in [-0.3, -0.25) is 23.9 Å². The number of phenols is 1. The number of hydrogen-bond donors (Lipinski definition) is 5. The molecule has 1 fully saturated rings. The number of rotatable bonds is 16. The Labute approximate surface area is 279 Å². The van der Waals surface area contributed by atoms with E-state index in [-0.39, 0.29) is 54.0 Å². The van der Waals surface area contributed by atoms with Crippen molar-refractivity contribution in [1.29, 1.82) is 0 Å². The van der Waals surface area contributed by atoms with Gasteiger partial charge >= 0.3 is 20.1 Å². The fourth-order valence-corrected chi connectivity index (χ4v) is 6.15. The topological polar surface area (TPSA) is 227 Å². The van der Waals surface area contributed by atoms with Crippen LogP contribution in [-0.4, -0.2) is 68.0 Å². The summed E-state index contributed by atoms with van der Waals surface area (Å²) in [7, 11) is -2.56. The fraction of sp³-hybridized carbons (Fsp3) is 0.531. The van der Waals surface area contributed by atoms with Crippen molar-refractivity contribution in [2.45, 2.75) is 79.0 Å².